The van der Waals surface area contributed by atoms with E-state index in [1.54, 1.807) is 6.92 Å². The van der Waals surface area contributed by atoms with Crippen LogP contribution in [0.1, 0.15) is 36.8 Å². The van der Waals surface area contributed by atoms with Crippen molar-refractivity contribution >= 4 is 17.5 Å². The highest BCUT2D eigenvalue weighted by Crippen LogP contribution is 2.52. The topological polar surface area (TPSA) is 49.4 Å². The third-order valence-electron chi connectivity index (χ3n) is 6.35. The third kappa shape index (κ3) is 3.56. The Labute approximate surface area is 156 Å². The fraction of sp³-hybridized carbons (Fsp3) is 0.600. The molecular weight excluding hydrogens is 357 g/mol. The van der Waals surface area contributed by atoms with Gasteiger partial charge in [0.05, 0.1) is 5.56 Å². The smallest absolute Gasteiger partial charge is 0.342 e. The summed E-state index contributed by atoms with van der Waals surface area (Å²) in [5.41, 5.74) is 0.0825. The first-order valence-corrected chi connectivity index (χ1v) is 9.50. The minimum atomic E-state index is -4.39. The van der Waals surface area contributed by atoms with Crippen molar-refractivity contribution < 1.29 is 22.8 Å². The predicted molar refractivity (Wildman–Crippen MR) is 93.8 cm³/mol. The second-order valence-electron chi connectivity index (χ2n) is 8.17. The fourth-order valence-corrected chi connectivity index (χ4v) is 4.39. The molecule has 2 aliphatic carbocycles. The van der Waals surface area contributed by atoms with Crippen molar-refractivity contribution in [2.75, 3.05) is 18.4 Å². The normalized spacial score (nSPS) is 27.1. The van der Waals surface area contributed by atoms with E-state index in [0.29, 0.717) is 36.7 Å². The highest BCUT2D eigenvalue weighted by Gasteiger charge is 2.60. The van der Waals surface area contributed by atoms with Gasteiger partial charge in [-0.25, -0.2) is 0 Å². The number of nitrogens with zero attached hydrogens (tertiary/aromatic N) is 1. The molecule has 1 saturated heterocycles. The number of carbonyl (C=O) groups is 2. The van der Waals surface area contributed by atoms with Gasteiger partial charge in [-0.15, -0.1) is 0 Å². The number of amides is 2. The van der Waals surface area contributed by atoms with Crippen molar-refractivity contribution in [3.63, 3.8) is 0 Å². The molecule has 146 valence electrons. The van der Waals surface area contributed by atoms with Gasteiger partial charge in [0.15, 0.2) is 0 Å². The predicted octanol–water partition coefficient (Wildman–Crippen LogP) is 3.85. The van der Waals surface area contributed by atoms with Crippen LogP contribution in [0.5, 0.6) is 0 Å². The molecule has 1 heterocycles. The fourth-order valence-electron chi connectivity index (χ4n) is 4.39. The Bertz CT molecular complexity index is 761. The SMILES string of the molecule is Cc1cc(C(F)(F)F)ccc1NC(=O)C1[C@@H]2CN(C(=O)CC3CCC3)C[C@@H]12. The quantitative estimate of drug-likeness (QED) is 0.863. The number of fused-ring (bicyclic) bond motifs is 1. The molecule has 7 heteroatoms. The number of anilines is 1. The highest BCUT2D eigenvalue weighted by atomic mass is 19.4. The lowest BCUT2D eigenvalue weighted by molar-refractivity contribution is -0.137. The zero-order chi connectivity index (χ0) is 19.3. The van der Waals surface area contributed by atoms with Crippen LogP contribution in [0, 0.1) is 30.6 Å². The van der Waals surface area contributed by atoms with E-state index < -0.39 is 11.7 Å². The molecule has 1 aromatic carbocycles. The third-order valence-corrected chi connectivity index (χ3v) is 6.35. The first-order valence-electron chi connectivity index (χ1n) is 9.50. The lowest BCUT2D eigenvalue weighted by Crippen LogP contribution is -2.35. The first kappa shape index (κ1) is 18.3. The molecule has 0 aromatic heterocycles. The molecule has 4 rings (SSSR count). The molecule has 1 aromatic rings. The average Bonchev–Trinajstić information content (AvgIpc) is 3.06. The maximum Gasteiger partial charge on any atom is 0.416 e. The van der Waals surface area contributed by atoms with Crippen molar-refractivity contribution in [2.45, 2.75) is 38.8 Å². The zero-order valence-corrected chi connectivity index (χ0v) is 15.2. The van der Waals surface area contributed by atoms with Gasteiger partial charge < -0.3 is 10.2 Å². The number of hydrogen-bond acceptors (Lipinski definition) is 2. The largest absolute Gasteiger partial charge is 0.416 e. The van der Waals surface area contributed by atoms with Crippen LogP contribution < -0.4 is 5.32 Å². The molecule has 3 fully saturated rings. The summed E-state index contributed by atoms with van der Waals surface area (Å²) in [5, 5.41) is 2.76. The maximum absolute atomic E-state index is 12.7. The van der Waals surface area contributed by atoms with E-state index in [1.165, 1.54) is 12.5 Å². The Morgan fingerprint density at radius 1 is 1.19 bits per heavy atom. The Morgan fingerprint density at radius 2 is 1.85 bits per heavy atom. The molecule has 0 unspecified atom stereocenters. The van der Waals surface area contributed by atoms with Crippen molar-refractivity contribution in [3.8, 4) is 0 Å². The van der Waals surface area contributed by atoms with Crippen LogP contribution >= 0.6 is 0 Å². The molecule has 2 atom stereocenters. The molecule has 4 nitrogen and oxygen atoms in total. The van der Waals surface area contributed by atoms with Gasteiger partial charge in [-0.1, -0.05) is 6.42 Å². The van der Waals surface area contributed by atoms with Gasteiger partial charge in [0, 0.05) is 31.1 Å². The van der Waals surface area contributed by atoms with Crippen LogP contribution in [0.4, 0.5) is 18.9 Å². The summed E-state index contributed by atoms with van der Waals surface area (Å²) >= 11 is 0. The first-order chi connectivity index (χ1) is 12.7. The molecule has 1 aliphatic heterocycles. The van der Waals surface area contributed by atoms with Crippen molar-refractivity contribution in [1.82, 2.24) is 4.90 Å². The van der Waals surface area contributed by atoms with E-state index in [1.807, 2.05) is 4.90 Å². The number of piperidine rings is 1. The molecule has 0 radical (unpaired) electrons. The van der Waals surface area contributed by atoms with Crippen molar-refractivity contribution in [2.24, 2.45) is 23.7 Å². The molecule has 27 heavy (non-hydrogen) atoms. The molecule has 2 saturated carbocycles. The van der Waals surface area contributed by atoms with Crippen LogP contribution in [-0.4, -0.2) is 29.8 Å². The van der Waals surface area contributed by atoms with E-state index >= 15 is 0 Å². The summed E-state index contributed by atoms with van der Waals surface area (Å²) in [5.74, 6) is 0.814. The van der Waals surface area contributed by atoms with Gasteiger partial charge in [0.2, 0.25) is 11.8 Å². The average molecular weight is 380 g/mol. The van der Waals surface area contributed by atoms with E-state index in [4.69, 9.17) is 0 Å². The van der Waals surface area contributed by atoms with Crippen LogP contribution in [0.15, 0.2) is 18.2 Å². The Kier molecular flexibility index (Phi) is 4.43. The number of alkyl halides is 3. The number of nitrogens with one attached hydrogen (secondary N) is 1. The second-order valence-corrected chi connectivity index (χ2v) is 8.17. The summed E-state index contributed by atoms with van der Waals surface area (Å²) in [6, 6.07) is 3.34. The lowest BCUT2D eigenvalue weighted by Gasteiger charge is -2.28. The number of aryl methyl sites for hydroxylation is 1. The van der Waals surface area contributed by atoms with Crippen molar-refractivity contribution in [1.29, 1.82) is 0 Å². The monoisotopic (exact) mass is 380 g/mol. The summed E-state index contributed by atoms with van der Waals surface area (Å²) < 4.78 is 38.2. The Hall–Kier alpha value is -2.05. The number of hydrogen-bond donors (Lipinski definition) is 1. The summed E-state index contributed by atoms with van der Waals surface area (Å²) in [6.07, 6.45) is -0.264. The van der Waals surface area contributed by atoms with E-state index in [-0.39, 0.29) is 29.6 Å². The van der Waals surface area contributed by atoms with Gasteiger partial charge in [-0.3, -0.25) is 9.59 Å². The van der Waals surface area contributed by atoms with Gasteiger partial charge in [-0.2, -0.15) is 13.2 Å². The number of likely N-dealkylation sites (tertiary alicyclic amines) is 1. The molecule has 0 spiro atoms. The molecule has 3 aliphatic rings. The van der Waals surface area contributed by atoms with Crippen LogP contribution in [0.2, 0.25) is 0 Å². The number of rotatable bonds is 4. The highest BCUT2D eigenvalue weighted by molar-refractivity contribution is 5.96. The van der Waals surface area contributed by atoms with E-state index in [2.05, 4.69) is 5.32 Å². The van der Waals surface area contributed by atoms with Gasteiger partial charge in [0.1, 0.15) is 0 Å². The molecule has 2 amide bonds. The van der Waals surface area contributed by atoms with Crippen LogP contribution in [-0.2, 0) is 15.8 Å². The lowest BCUT2D eigenvalue weighted by atomic mass is 9.82. The molecular formula is C20H23F3N2O2. The standard InChI is InChI=1S/C20H23F3N2O2/c1-11-7-13(20(21,22)23)5-6-16(11)24-19(27)18-14-9-25(10-15(14)18)17(26)8-12-3-2-4-12/h5-7,12,14-15,18H,2-4,8-10H2,1H3,(H,24,27)/t14-,15-/m1/s1. The molecule has 1 N–H and O–H groups in total. The Morgan fingerprint density at radius 3 is 2.37 bits per heavy atom. The number of benzene rings is 1. The van der Waals surface area contributed by atoms with Gasteiger partial charge >= 0.3 is 6.18 Å². The van der Waals surface area contributed by atoms with Gasteiger partial charge in [0.25, 0.3) is 0 Å². The zero-order valence-electron chi connectivity index (χ0n) is 15.2. The second kappa shape index (κ2) is 6.53. The summed E-state index contributed by atoms with van der Waals surface area (Å²) in [6.45, 7) is 2.81. The Balaban J connectivity index is 1.31. The van der Waals surface area contributed by atoms with Crippen LogP contribution in [0.3, 0.4) is 0 Å². The summed E-state index contributed by atoms with van der Waals surface area (Å²) in [4.78, 5) is 26.6. The van der Waals surface area contributed by atoms with E-state index in [9.17, 15) is 22.8 Å². The van der Waals surface area contributed by atoms with Gasteiger partial charge in [-0.05, 0) is 61.3 Å². The maximum atomic E-state index is 12.7. The minimum Gasteiger partial charge on any atom is -0.342 e. The summed E-state index contributed by atoms with van der Waals surface area (Å²) in [7, 11) is 0. The number of halogens is 3. The van der Waals surface area contributed by atoms with Crippen molar-refractivity contribution in [3.05, 3.63) is 29.3 Å². The molecule has 0 bridgehead atoms. The van der Waals surface area contributed by atoms with E-state index in [0.717, 1.165) is 25.0 Å². The minimum absolute atomic E-state index is 0.139. The van der Waals surface area contributed by atoms with Crippen LogP contribution in [0.25, 0.3) is 0 Å². The number of carbonyl (C=O) groups excluding carboxylic acids is 2.